The second-order valence-electron chi connectivity index (χ2n) is 4.84. The molecule has 0 radical (unpaired) electrons. The molecular weight excluding hydrogens is 269 g/mol. The van der Waals surface area contributed by atoms with Crippen molar-refractivity contribution in [3.8, 4) is 5.75 Å². The molecule has 2 rings (SSSR count). The Morgan fingerprint density at radius 3 is 2.62 bits per heavy atom. The van der Waals surface area contributed by atoms with E-state index in [1.54, 1.807) is 6.07 Å². The Balaban J connectivity index is 2.09. The minimum absolute atomic E-state index is 0.0690. The van der Waals surface area contributed by atoms with Crippen molar-refractivity contribution in [2.45, 2.75) is 27.0 Å². The Labute approximate surface area is 124 Å². The smallest absolute Gasteiger partial charge is 0.124 e. The summed E-state index contributed by atoms with van der Waals surface area (Å²) < 4.78 is 18.5. The minimum atomic E-state index is -0.222. The molecule has 4 heteroatoms. The van der Waals surface area contributed by atoms with E-state index in [1.807, 2.05) is 32.0 Å². The lowest BCUT2D eigenvalue weighted by Crippen LogP contribution is -2.03. The van der Waals surface area contributed by atoms with Gasteiger partial charge in [0.15, 0.2) is 0 Å². The van der Waals surface area contributed by atoms with Crippen molar-refractivity contribution >= 4 is 5.69 Å². The molecule has 0 aliphatic rings. The molecule has 0 atom stereocenters. The summed E-state index contributed by atoms with van der Waals surface area (Å²) in [6.45, 7) is 4.89. The van der Waals surface area contributed by atoms with Crippen LogP contribution >= 0.6 is 0 Å². The summed E-state index contributed by atoms with van der Waals surface area (Å²) in [6.07, 6.45) is 0. The maximum Gasteiger partial charge on any atom is 0.124 e. The second-order valence-corrected chi connectivity index (χ2v) is 4.84. The van der Waals surface area contributed by atoms with Crippen molar-refractivity contribution in [2.75, 3.05) is 11.9 Å². The average Bonchev–Trinajstić information content (AvgIpc) is 2.47. The lowest BCUT2D eigenvalue weighted by molar-refractivity contribution is 0.267. The Bertz CT molecular complexity index is 614. The van der Waals surface area contributed by atoms with Gasteiger partial charge in [-0.1, -0.05) is 6.07 Å². The molecule has 0 aliphatic carbocycles. The van der Waals surface area contributed by atoms with E-state index in [0.717, 1.165) is 22.4 Å². The third-order valence-electron chi connectivity index (χ3n) is 3.32. The summed E-state index contributed by atoms with van der Waals surface area (Å²) >= 11 is 0. The summed E-state index contributed by atoms with van der Waals surface area (Å²) in [5.41, 5.74) is 3.59. The molecule has 0 saturated heterocycles. The van der Waals surface area contributed by atoms with Crippen LogP contribution in [0.1, 0.15) is 23.6 Å². The summed E-state index contributed by atoms with van der Waals surface area (Å²) in [7, 11) is 0. The Hall–Kier alpha value is -2.07. The van der Waals surface area contributed by atoms with E-state index in [9.17, 15) is 9.50 Å². The van der Waals surface area contributed by atoms with Crippen molar-refractivity contribution < 1.29 is 14.2 Å². The highest BCUT2D eigenvalue weighted by molar-refractivity contribution is 5.51. The highest BCUT2D eigenvalue weighted by Crippen LogP contribution is 2.23. The lowest BCUT2D eigenvalue weighted by Gasteiger charge is -2.13. The topological polar surface area (TPSA) is 41.5 Å². The van der Waals surface area contributed by atoms with Crippen LogP contribution in [-0.4, -0.2) is 11.7 Å². The molecule has 0 heterocycles. The first-order chi connectivity index (χ1) is 10.1. The number of hydrogen-bond acceptors (Lipinski definition) is 3. The van der Waals surface area contributed by atoms with Crippen LogP contribution in [-0.2, 0) is 13.2 Å². The third kappa shape index (κ3) is 3.95. The molecule has 0 aromatic heterocycles. The van der Waals surface area contributed by atoms with Crippen LogP contribution in [0.15, 0.2) is 36.4 Å². The van der Waals surface area contributed by atoms with E-state index in [2.05, 4.69) is 5.32 Å². The van der Waals surface area contributed by atoms with Gasteiger partial charge in [0, 0.05) is 17.8 Å². The average molecular weight is 289 g/mol. The number of nitrogens with one attached hydrogen (secondary N) is 1. The number of rotatable bonds is 6. The molecule has 0 spiro atoms. The molecule has 0 aliphatic heterocycles. The first-order valence-corrected chi connectivity index (χ1v) is 6.99. The third-order valence-corrected chi connectivity index (χ3v) is 3.32. The van der Waals surface area contributed by atoms with Gasteiger partial charge in [0.05, 0.1) is 13.2 Å². The van der Waals surface area contributed by atoms with Crippen molar-refractivity contribution in [1.29, 1.82) is 0 Å². The number of aliphatic hydroxyl groups is 1. The van der Waals surface area contributed by atoms with Gasteiger partial charge in [-0.05, 0) is 55.3 Å². The lowest BCUT2D eigenvalue weighted by atomic mass is 10.1. The van der Waals surface area contributed by atoms with Gasteiger partial charge in [-0.15, -0.1) is 0 Å². The van der Waals surface area contributed by atoms with Gasteiger partial charge in [-0.2, -0.15) is 0 Å². The van der Waals surface area contributed by atoms with Crippen LogP contribution in [0.2, 0.25) is 0 Å². The summed E-state index contributed by atoms with van der Waals surface area (Å²) in [6, 6.07) is 10.4. The zero-order valence-corrected chi connectivity index (χ0v) is 12.3. The highest BCUT2D eigenvalue weighted by atomic mass is 19.1. The molecule has 112 valence electrons. The fourth-order valence-electron chi connectivity index (χ4n) is 2.16. The number of ether oxygens (including phenoxy) is 1. The number of halogens is 1. The van der Waals surface area contributed by atoms with E-state index in [0.29, 0.717) is 18.9 Å². The van der Waals surface area contributed by atoms with Gasteiger partial charge in [0.2, 0.25) is 0 Å². The molecule has 0 fully saturated rings. The number of aryl methyl sites for hydroxylation is 1. The van der Waals surface area contributed by atoms with E-state index in [-0.39, 0.29) is 12.4 Å². The molecule has 0 bridgehead atoms. The van der Waals surface area contributed by atoms with Gasteiger partial charge in [-0.25, -0.2) is 4.39 Å². The van der Waals surface area contributed by atoms with Crippen LogP contribution < -0.4 is 10.1 Å². The molecular formula is C17H20FNO2. The van der Waals surface area contributed by atoms with Crippen molar-refractivity contribution in [3.05, 3.63) is 58.9 Å². The van der Waals surface area contributed by atoms with Crippen molar-refractivity contribution in [2.24, 2.45) is 0 Å². The summed E-state index contributed by atoms with van der Waals surface area (Å²) in [5, 5.41) is 12.7. The van der Waals surface area contributed by atoms with Gasteiger partial charge in [0.25, 0.3) is 0 Å². The Morgan fingerprint density at radius 2 is 1.95 bits per heavy atom. The summed E-state index contributed by atoms with van der Waals surface area (Å²) in [4.78, 5) is 0. The van der Waals surface area contributed by atoms with Crippen molar-refractivity contribution in [1.82, 2.24) is 0 Å². The molecule has 0 unspecified atom stereocenters. The fraction of sp³-hybridized carbons (Fsp3) is 0.294. The maximum absolute atomic E-state index is 13.1. The van der Waals surface area contributed by atoms with E-state index in [4.69, 9.17) is 4.74 Å². The zero-order chi connectivity index (χ0) is 15.2. The van der Waals surface area contributed by atoms with Gasteiger partial charge >= 0.3 is 0 Å². The van der Waals surface area contributed by atoms with Gasteiger partial charge in [0.1, 0.15) is 11.6 Å². The zero-order valence-electron chi connectivity index (χ0n) is 12.3. The van der Waals surface area contributed by atoms with Crippen LogP contribution in [0.4, 0.5) is 10.1 Å². The minimum Gasteiger partial charge on any atom is -0.494 e. The maximum atomic E-state index is 13.1. The Morgan fingerprint density at radius 1 is 1.14 bits per heavy atom. The van der Waals surface area contributed by atoms with Crippen molar-refractivity contribution in [3.63, 3.8) is 0 Å². The molecule has 2 aromatic rings. The molecule has 2 aromatic carbocycles. The first kappa shape index (κ1) is 15.3. The number of benzene rings is 2. The van der Waals surface area contributed by atoms with Gasteiger partial charge < -0.3 is 15.2 Å². The molecule has 2 N–H and O–H groups in total. The predicted octanol–water partition coefficient (Wildman–Crippen LogP) is 3.64. The predicted molar refractivity (Wildman–Crippen MR) is 82.0 cm³/mol. The molecule has 0 amide bonds. The van der Waals surface area contributed by atoms with E-state index < -0.39 is 0 Å². The highest BCUT2D eigenvalue weighted by Gasteiger charge is 2.05. The Kier molecular flexibility index (Phi) is 5.17. The molecule has 21 heavy (non-hydrogen) atoms. The van der Waals surface area contributed by atoms with Gasteiger partial charge in [-0.3, -0.25) is 0 Å². The monoisotopic (exact) mass is 289 g/mol. The number of aliphatic hydroxyl groups excluding tert-OH is 1. The van der Waals surface area contributed by atoms with Crippen LogP contribution in [0.3, 0.4) is 0 Å². The van der Waals surface area contributed by atoms with E-state index in [1.165, 1.54) is 12.1 Å². The van der Waals surface area contributed by atoms with Crippen LogP contribution in [0, 0.1) is 12.7 Å². The van der Waals surface area contributed by atoms with Crippen LogP contribution in [0.25, 0.3) is 0 Å². The second kappa shape index (κ2) is 7.09. The van der Waals surface area contributed by atoms with E-state index >= 15 is 0 Å². The fourth-order valence-corrected chi connectivity index (χ4v) is 2.16. The first-order valence-electron chi connectivity index (χ1n) is 6.99. The largest absolute Gasteiger partial charge is 0.494 e. The number of anilines is 1. The quantitative estimate of drug-likeness (QED) is 0.853. The SMILES string of the molecule is CCOc1ccc(NCc2ccc(F)cc2C)cc1CO. The molecule has 0 saturated carbocycles. The van der Waals surface area contributed by atoms with Crippen LogP contribution in [0.5, 0.6) is 5.75 Å². The normalized spacial score (nSPS) is 10.5. The standard InChI is InChI=1S/C17H20FNO2/c1-3-21-17-7-6-16(9-14(17)11-20)19-10-13-4-5-15(18)8-12(13)2/h4-9,19-20H,3,10-11H2,1-2H3. The number of hydrogen-bond donors (Lipinski definition) is 2. The summed E-state index contributed by atoms with van der Waals surface area (Å²) in [5.74, 6) is 0.475. The molecule has 3 nitrogen and oxygen atoms in total.